The summed E-state index contributed by atoms with van der Waals surface area (Å²) in [6.07, 6.45) is 0.952. The third-order valence-corrected chi connectivity index (χ3v) is 3.76. The second kappa shape index (κ2) is 14.8. The molecule has 0 radical (unpaired) electrons. The van der Waals surface area contributed by atoms with Crippen molar-refractivity contribution in [3.8, 4) is 0 Å². The van der Waals surface area contributed by atoms with Crippen molar-refractivity contribution in [2.24, 2.45) is 5.92 Å². The van der Waals surface area contributed by atoms with Crippen LogP contribution in [0.4, 0.5) is 0 Å². The van der Waals surface area contributed by atoms with Gasteiger partial charge in [0, 0.05) is 0 Å². The zero-order valence-corrected chi connectivity index (χ0v) is 16.2. The molecule has 0 aromatic heterocycles. The van der Waals surface area contributed by atoms with E-state index >= 15 is 0 Å². The summed E-state index contributed by atoms with van der Waals surface area (Å²) in [4.78, 5) is 0. The summed E-state index contributed by atoms with van der Waals surface area (Å²) in [7, 11) is 0. The van der Waals surface area contributed by atoms with Gasteiger partial charge in [-0.05, 0) is 19.8 Å². The predicted octanol–water partition coefficient (Wildman–Crippen LogP) is 2.22. The minimum Gasteiger partial charge on any atom is -0.377 e. The van der Waals surface area contributed by atoms with Gasteiger partial charge in [-0.3, -0.25) is 0 Å². The molecule has 0 aromatic carbocycles. The van der Waals surface area contributed by atoms with Gasteiger partial charge in [-0.1, -0.05) is 20.3 Å². The Morgan fingerprint density at radius 3 is 1.84 bits per heavy atom. The van der Waals surface area contributed by atoms with E-state index in [-0.39, 0.29) is 18.7 Å². The molecule has 4 atom stereocenters. The zero-order valence-electron chi connectivity index (χ0n) is 16.2. The van der Waals surface area contributed by atoms with Crippen LogP contribution < -0.4 is 0 Å². The monoisotopic (exact) mass is 364 g/mol. The number of hydrogen-bond acceptors (Lipinski definition) is 7. The van der Waals surface area contributed by atoms with Crippen LogP contribution in [0.25, 0.3) is 0 Å². The first kappa shape index (κ1) is 22.8. The predicted molar refractivity (Wildman–Crippen MR) is 93.6 cm³/mol. The van der Waals surface area contributed by atoms with E-state index in [1.54, 1.807) is 0 Å². The van der Waals surface area contributed by atoms with Crippen molar-refractivity contribution in [3.05, 3.63) is 0 Å². The molecule has 0 aromatic rings. The highest BCUT2D eigenvalue weighted by molar-refractivity contribution is 4.67. The number of hydrogen-bond donors (Lipinski definition) is 0. The highest BCUT2D eigenvalue weighted by Gasteiger charge is 2.23. The number of rotatable bonds is 18. The summed E-state index contributed by atoms with van der Waals surface area (Å²) in [5, 5.41) is 0. The lowest BCUT2D eigenvalue weighted by Crippen LogP contribution is -2.20. The smallest absolute Gasteiger partial charge is 0.155 e. The van der Waals surface area contributed by atoms with E-state index in [1.807, 2.05) is 13.8 Å². The average Bonchev–Trinajstić information content (AvgIpc) is 3.43. The Balaban J connectivity index is 1.75. The molecule has 1 heterocycles. The zero-order chi connectivity index (χ0) is 18.3. The van der Waals surface area contributed by atoms with Crippen molar-refractivity contribution < 1.29 is 33.2 Å². The van der Waals surface area contributed by atoms with Gasteiger partial charge in [-0.2, -0.15) is 0 Å². The Bertz CT molecular complexity index is 299. The van der Waals surface area contributed by atoms with Gasteiger partial charge in [0.2, 0.25) is 0 Å². The maximum atomic E-state index is 5.59. The molecule has 4 unspecified atom stereocenters. The van der Waals surface area contributed by atoms with E-state index in [2.05, 4.69) is 13.8 Å². The van der Waals surface area contributed by atoms with Gasteiger partial charge in [-0.15, -0.1) is 0 Å². The second-order valence-corrected chi connectivity index (χ2v) is 6.24. The molecule has 0 aliphatic carbocycles. The summed E-state index contributed by atoms with van der Waals surface area (Å²) in [6, 6.07) is 0. The molecular weight excluding hydrogens is 328 g/mol. The summed E-state index contributed by atoms with van der Waals surface area (Å²) < 4.78 is 37.9. The third kappa shape index (κ3) is 14.6. The molecule has 150 valence electrons. The lowest BCUT2D eigenvalue weighted by molar-refractivity contribution is -0.149. The van der Waals surface area contributed by atoms with E-state index in [0.29, 0.717) is 52.2 Å². The summed E-state index contributed by atoms with van der Waals surface area (Å²) in [5.74, 6) is 0.560. The first-order chi connectivity index (χ1) is 12.1. The maximum Gasteiger partial charge on any atom is 0.155 e. The highest BCUT2D eigenvalue weighted by Crippen LogP contribution is 2.10. The Hall–Kier alpha value is -0.280. The SMILES string of the molecule is CCC(C)COC(C)OCCOCCOCCOC(C)OCC1CO1. The molecule has 1 fully saturated rings. The number of epoxide rings is 1. The summed E-state index contributed by atoms with van der Waals surface area (Å²) in [6.45, 7) is 13.4. The van der Waals surface area contributed by atoms with Crippen molar-refractivity contribution in [3.63, 3.8) is 0 Å². The van der Waals surface area contributed by atoms with E-state index in [4.69, 9.17) is 33.2 Å². The van der Waals surface area contributed by atoms with Crippen molar-refractivity contribution in [2.45, 2.75) is 52.8 Å². The average molecular weight is 364 g/mol. The highest BCUT2D eigenvalue weighted by atomic mass is 16.7. The van der Waals surface area contributed by atoms with E-state index in [0.717, 1.165) is 19.6 Å². The molecule has 0 amide bonds. The molecule has 7 heteroatoms. The standard InChI is InChI=1S/C18H36O7/c1-5-15(2)12-23-16(3)21-10-8-19-6-7-20-9-11-22-17(4)24-13-18-14-25-18/h15-18H,5-14H2,1-4H3. The lowest BCUT2D eigenvalue weighted by Gasteiger charge is -2.16. The molecule has 1 saturated heterocycles. The quantitative estimate of drug-likeness (QED) is 0.210. The minimum atomic E-state index is -0.231. The van der Waals surface area contributed by atoms with Crippen molar-refractivity contribution in [2.75, 3.05) is 59.5 Å². The summed E-state index contributed by atoms with van der Waals surface area (Å²) in [5.41, 5.74) is 0. The Kier molecular flexibility index (Phi) is 13.5. The largest absolute Gasteiger partial charge is 0.377 e. The molecule has 7 nitrogen and oxygen atoms in total. The fraction of sp³-hybridized carbons (Fsp3) is 1.00. The molecular formula is C18H36O7. The maximum absolute atomic E-state index is 5.59. The van der Waals surface area contributed by atoms with Crippen molar-refractivity contribution in [1.29, 1.82) is 0 Å². The van der Waals surface area contributed by atoms with E-state index in [1.165, 1.54) is 0 Å². The van der Waals surface area contributed by atoms with Crippen LogP contribution in [0, 0.1) is 5.92 Å². The Morgan fingerprint density at radius 2 is 1.32 bits per heavy atom. The normalized spacial score (nSPS) is 20.4. The van der Waals surface area contributed by atoms with Gasteiger partial charge in [0.25, 0.3) is 0 Å². The second-order valence-electron chi connectivity index (χ2n) is 6.24. The van der Waals surface area contributed by atoms with Crippen LogP contribution in [0.15, 0.2) is 0 Å². The first-order valence-electron chi connectivity index (χ1n) is 9.35. The van der Waals surface area contributed by atoms with Gasteiger partial charge in [-0.25, -0.2) is 0 Å². The van der Waals surface area contributed by atoms with E-state index in [9.17, 15) is 0 Å². The van der Waals surface area contributed by atoms with Crippen LogP contribution in [0.5, 0.6) is 0 Å². The van der Waals surface area contributed by atoms with Crippen LogP contribution in [-0.4, -0.2) is 78.1 Å². The third-order valence-electron chi connectivity index (χ3n) is 3.76. The first-order valence-corrected chi connectivity index (χ1v) is 9.35. The van der Waals surface area contributed by atoms with Gasteiger partial charge in [0.1, 0.15) is 6.10 Å². The fourth-order valence-corrected chi connectivity index (χ4v) is 1.79. The van der Waals surface area contributed by atoms with Gasteiger partial charge < -0.3 is 33.2 Å². The number of ether oxygens (including phenoxy) is 7. The van der Waals surface area contributed by atoms with Crippen molar-refractivity contribution >= 4 is 0 Å². The van der Waals surface area contributed by atoms with Crippen LogP contribution in [0.1, 0.15) is 34.1 Å². The van der Waals surface area contributed by atoms with Crippen LogP contribution in [-0.2, 0) is 33.2 Å². The van der Waals surface area contributed by atoms with Crippen LogP contribution >= 0.6 is 0 Å². The molecule has 0 spiro atoms. The molecule has 1 aliphatic heterocycles. The topological polar surface area (TPSA) is 67.9 Å². The molecule has 1 rings (SSSR count). The minimum absolute atomic E-state index is 0.193. The Labute approximate surface area is 152 Å². The molecule has 0 saturated carbocycles. The lowest BCUT2D eigenvalue weighted by atomic mass is 10.1. The Morgan fingerprint density at radius 1 is 0.800 bits per heavy atom. The van der Waals surface area contributed by atoms with Crippen molar-refractivity contribution in [1.82, 2.24) is 0 Å². The van der Waals surface area contributed by atoms with Crippen LogP contribution in [0.2, 0.25) is 0 Å². The molecule has 25 heavy (non-hydrogen) atoms. The van der Waals surface area contributed by atoms with E-state index < -0.39 is 0 Å². The molecule has 1 aliphatic rings. The molecule has 0 N–H and O–H groups in total. The van der Waals surface area contributed by atoms with Gasteiger partial charge in [0.05, 0.1) is 59.5 Å². The molecule has 0 bridgehead atoms. The van der Waals surface area contributed by atoms with Gasteiger partial charge >= 0.3 is 0 Å². The van der Waals surface area contributed by atoms with Crippen LogP contribution in [0.3, 0.4) is 0 Å². The fourth-order valence-electron chi connectivity index (χ4n) is 1.79. The van der Waals surface area contributed by atoms with Gasteiger partial charge in [0.15, 0.2) is 12.6 Å². The summed E-state index contributed by atoms with van der Waals surface area (Å²) >= 11 is 0.